The lowest BCUT2D eigenvalue weighted by atomic mass is 9.94. The van der Waals surface area contributed by atoms with E-state index >= 15 is 0 Å². The first-order valence-corrected chi connectivity index (χ1v) is 7.46. The monoisotopic (exact) mass is 283 g/mol. The maximum absolute atomic E-state index is 10.9. The highest BCUT2D eigenvalue weighted by molar-refractivity contribution is 5.26. The zero-order chi connectivity index (χ0) is 14.5. The van der Waals surface area contributed by atoms with Crippen LogP contribution >= 0.6 is 0 Å². The van der Waals surface area contributed by atoms with Gasteiger partial charge in [0.1, 0.15) is 0 Å². The molecular formula is C18H21NO2. The molecule has 3 rings (SSSR count). The minimum atomic E-state index is -0.535. The molecule has 0 aromatic heterocycles. The summed E-state index contributed by atoms with van der Waals surface area (Å²) < 4.78 is 5.45. The molecule has 3 heteroatoms. The second-order valence-electron chi connectivity index (χ2n) is 5.36. The Bertz CT molecular complexity index is 538. The summed E-state index contributed by atoms with van der Waals surface area (Å²) in [7, 11) is 0. The van der Waals surface area contributed by atoms with Crippen LogP contribution in [-0.4, -0.2) is 36.3 Å². The molecule has 0 amide bonds. The molecule has 0 bridgehead atoms. The van der Waals surface area contributed by atoms with Crippen LogP contribution in [0.5, 0.6) is 0 Å². The van der Waals surface area contributed by atoms with E-state index in [9.17, 15) is 5.11 Å². The summed E-state index contributed by atoms with van der Waals surface area (Å²) in [5.74, 6) is 0. The van der Waals surface area contributed by atoms with Crippen molar-refractivity contribution in [3.05, 3.63) is 71.8 Å². The van der Waals surface area contributed by atoms with Crippen LogP contribution in [0.1, 0.15) is 23.3 Å². The predicted molar refractivity (Wildman–Crippen MR) is 83.0 cm³/mol. The second-order valence-corrected chi connectivity index (χ2v) is 5.36. The standard InChI is InChI=1S/C18H21NO2/c20-18(16-9-5-2-6-10-16)17(15-7-3-1-4-8-15)19-11-13-21-14-12-19/h1-10,17-18,20H,11-14H2/t17-,18-/m0/s1. The molecule has 21 heavy (non-hydrogen) atoms. The Morgan fingerprint density at radius 1 is 0.810 bits per heavy atom. The van der Waals surface area contributed by atoms with Crippen molar-refractivity contribution in [1.29, 1.82) is 0 Å². The Hall–Kier alpha value is -1.68. The van der Waals surface area contributed by atoms with Gasteiger partial charge in [0.2, 0.25) is 0 Å². The van der Waals surface area contributed by atoms with Gasteiger partial charge in [-0.1, -0.05) is 60.7 Å². The summed E-state index contributed by atoms with van der Waals surface area (Å²) in [6, 6.07) is 20.1. The average molecular weight is 283 g/mol. The number of benzene rings is 2. The molecule has 1 aliphatic rings. The summed E-state index contributed by atoms with van der Waals surface area (Å²) in [6.07, 6.45) is -0.535. The van der Waals surface area contributed by atoms with Crippen molar-refractivity contribution in [3.8, 4) is 0 Å². The highest BCUT2D eigenvalue weighted by Crippen LogP contribution is 2.34. The summed E-state index contributed by atoms with van der Waals surface area (Å²) in [6.45, 7) is 3.16. The van der Waals surface area contributed by atoms with E-state index in [1.807, 2.05) is 48.5 Å². The summed E-state index contributed by atoms with van der Waals surface area (Å²) in [5, 5.41) is 10.9. The lowest BCUT2D eigenvalue weighted by Crippen LogP contribution is -2.41. The molecule has 0 aliphatic carbocycles. The first-order valence-electron chi connectivity index (χ1n) is 7.46. The number of hydrogen-bond acceptors (Lipinski definition) is 3. The van der Waals surface area contributed by atoms with Crippen molar-refractivity contribution in [2.75, 3.05) is 26.3 Å². The van der Waals surface area contributed by atoms with Gasteiger partial charge in [-0.25, -0.2) is 0 Å². The quantitative estimate of drug-likeness (QED) is 0.936. The Labute approximate surface area is 125 Å². The third-order valence-corrected chi connectivity index (χ3v) is 4.02. The van der Waals surface area contributed by atoms with Crippen LogP contribution in [0.4, 0.5) is 0 Å². The van der Waals surface area contributed by atoms with E-state index in [4.69, 9.17) is 4.74 Å². The minimum Gasteiger partial charge on any atom is -0.386 e. The van der Waals surface area contributed by atoms with Gasteiger partial charge in [-0.15, -0.1) is 0 Å². The van der Waals surface area contributed by atoms with Gasteiger partial charge in [-0.3, -0.25) is 4.90 Å². The molecule has 1 heterocycles. The van der Waals surface area contributed by atoms with Crippen LogP contribution in [0.2, 0.25) is 0 Å². The number of hydrogen-bond donors (Lipinski definition) is 1. The molecule has 0 saturated carbocycles. The van der Waals surface area contributed by atoms with Gasteiger partial charge in [-0.2, -0.15) is 0 Å². The predicted octanol–water partition coefficient (Wildman–Crippen LogP) is 2.79. The van der Waals surface area contributed by atoms with Crippen molar-refractivity contribution < 1.29 is 9.84 Å². The summed E-state index contributed by atoms with van der Waals surface area (Å²) in [5.41, 5.74) is 2.11. The molecule has 1 fully saturated rings. The lowest BCUT2D eigenvalue weighted by Gasteiger charge is -2.37. The Balaban J connectivity index is 1.92. The van der Waals surface area contributed by atoms with Gasteiger partial charge in [0, 0.05) is 13.1 Å². The molecular weight excluding hydrogens is 262 g/mol. The number of morpholine rings is 1. The zero-order valence-corrected chi connectivity index (χ0v) is 12.1. The third kappa shape index (κ3) is 3.32. The van der Waals surface area contributed by atoms with Crippen molar-refractivity contribution in [1.82, 2.24) is 4.90 Å². The first kappa shape index (κ1) is 14.3. The van der Waals surface area contributed by atoms with Crippen LogP contribution < -0.4 is 0 Å². The molecule has 0 unspecified atom stereocenters. The molecule has 1 saturated heterocycles. The molecule has 110 valence electrons. The number of aliphatic hydroxyl groups is 1. The van der Waals surface area contributed by atoms with Crippen LogP contribution in [0.15, 0.2) is 60.7 Å². The zero-order valence-electron chi connectivity index (χ0n) is 12.1. The molecule has 2 aromatic rings. The maximum Gasteiger partial charge on any atom is 0.0986 e. The van der Waals surface area contributed by atoms with Gasteiger partial charge in [0.25, 0.3) is 0 Å². The fraction of sp³-hybridized carbons (Fsp3) is 0.333. The number of ether oxygens (including phenoxy) is 1. The molecule has 3 nitrogen and oxygen atoms in total. The Kier molecular flexibility index (Phi) is 4.65. The van der Waals surface area contributed by atoms with Gasteiger partial charge in [-0.05, 0) is 11.1 Å². The second kappa shape index (κ2) is 6.85. The molecule has 1 aliphatic heterocycles. The topological polar surface area (TPSA) is 32.7 Å². The highest BCUT2D eigenvalue weighted by Gasteiger charge is 2.29. The molecule has 0 radical (unpaired) electrons. The Morgan fingerprint density at radius 3 is 1.90 bits per heavy atom. The number of aliphatic hydroxyl groups excluding tert-OH is 1. The molecule has 2 atom stereocenters. The van der Waals surface area contributed by atoms with E-state index in [1.165, 1.54) is 0 Å². The third-order valence-electron chi connectivity index (χ3n) is 4.02. The van der Waals surface area contributed by atoms with Crippen LogP contribution in [0, 0.1) is 0 Å². The molecule has 0 spiro atoms. The number of nitrogens with zero attached hydrogens (tertiary/aromatic N) is 1. The van der Waals surface area contributed by atoms with Crippen molar-refractivity contribution >= 4 is 0 Å². The highest BCUT2D eigenvalue weighted by atomic mass is 16.5. The van der Waals surface area contributed by atoms with Crippen molar-refractivity contribution in [2.45, 2.75) is 12.1 Å². The van der Waals surface area contributed by atoms with E-state index < -0.39 is 6.10 Å². The Morgan fingerprint density at radius 2 is 1.33 bits per heavy atom. The summed E-state index contributed by atoms with van der Waals surface area (Å²) >= 11 is 0. The average Bonchev–Trinajstić information content (AvgIpc) is 2.58. The lowest BCUT2D eigenvalue weighted by molar-refractivity contribution is -0.0238. The fourth-order valence-corrected chi connectivity index (χ4v) is 2.93. The van der Waals surface area contributed by atoms with Crippen LogP contribution in [0.25, 0.3) is 0 Å². The van der Waals surface area contributed by atoms with Crippen LogP contribution in [0.3, 0.4) is 0 Å². The normalized spacial score (nSPS) is 19.1. The largest absolute Gasteiger partial charge is 0.386 e. The van der Waals surface area contributed by atoms with E-state index in [1.54, 1.807) is 0 Å². The van der Waals surface area contributed by atoms with Gasteiger partial charge >= 0.3 is 0 Å². The molecule has 1 N–H and O–H groups in total. The van der Waals surface area contributed by atoms with Crippen LogP contribution in [-0.2, 0) is 4.74 Å². The van der Waals surface area contributed by atoms with E-state index in [0.29, 0.717) is 0 Å². The summed E-state index contributed by atoms with van der Waals surface area (Å²) in [4.78, 5) is 2.32. The van der Waals surface area contributed by atoms with E-state index in [-0.39, 0.29) is 6.04 Å². The molecule has 2 aromatic carbocycles. The van der Waals surface area contributed by atoms with E-state index in [2.05, 4.69) is 17.0 Å². The van der Waals surface area contributed by atoms with Gasteiger partial charge in [0.05, 0.1) is 25.4 Å². The van der Waals surface area contributed by atoms with E-state index in [0.717, 1.165) is 37.4 Å². The number of rotatable bonds is 4. The smallest absolute Gasteiger partial charge is 0.0986 e. The van der Waals surface area contributed by atoms with Crippen molar-refractivity contribution in [3.63, 3.8) is 0 Å². The SMILES string of the molecule is O[C@@H](c1ccccc1)[C@H](c1ccccc1)N1CCOCC1. The van der Waals surface area contributed by atoms with Gasteiger partial charge in [0.15, 0.2) is 0 Å². The minimum absolute atomic E-state index is 0.0301. The fourth-order valence-electron chi connectivity index (χ4n) is 2.93. The first-order chi connectivity index (χ1) is 10.4. The van der Waals surface area contributed by atoms with Gasteiger partial charge < -0.3 is 9.84 Å². The maximum atomic E-state index is 10.9. The van der Waals surface area contributed by atoms with Crippen molar-refractivity contribution in [2.24, 2.45) is 0 Å².